The van der Waals surface area contributed by atoms with Crippen molar-refractivity contribution in [3.05, 3.63) is 29.8 Å². The van der Waals surface area contributed by atoms with Crippen molar-refractivity contribution in [2.24, 2.45) is 5.16 Å². The molecule has 0 aliphatic heterocycles. The van der Waals surface area contributed by atoms with Gasteiger partial charge in [-0.25, -0.2) is 4.21 Å². The third-order valence-electron chi connectivity index (χ3n) is 1.96. The van der Waals surface area contributed by atoms with Gasteiger partial charge in [0.1, 0.15) is 5.71 Å². The van der Waals surface area contributed by atoms with E-state index in [4.69, 9.17) is 4.28 Å². The van der Waals surface area contributed by atoms with Crippen LogP contribution < -0.4 is 0 Å². The predicted octanol–water partition coefficient (Wildman–Crippen LogP) is 2.00. The molecule has 16 heavy (non-hydrogen) atoms. The number of Topliss-reactive ketones (excluding diaryl/α,β-unsaturated/α-hetero) is 1. The van der Waals surface area contributed by atoms with E-state index >= 15 is 0 Å². The highest BCUT2D eigenvalue weighted by molar-refractivity contribution is 7.80. The molecule has 1 atom stereocenters. The monoisotopic (exact) mass is 239 g/mol. The lowest BCUT2D eigenvalue weighted by atomic mass is 10.2. The first-order chi connectivity index (χ1) is 7.50. The Morgan fingerprint density at radius 1 is 1.25 bits per heavy atom. The number of nitrogens with zero attached hydrogens (tertiary/aromatic N) is 1. The van der Waals surface area contributed by atoms with Crippen LogP contribution in [-0.2, 0) is 20.2 Å². The number of hydrogen-bond acceptors (Lipinski definition) is 4. The lowest BCUT2D eigenvalue weighted by Gasteiger charge is -1.99. The van der Waals surface area contributed by atoms with Gasteiger partial charge in [0.2, 0.25) is 0 Å². The number of hydrogen-bond donors (Lipinski definition) is 0. The van der Waals surface area contributed by atoms with Crippen molar-refractivity contribution in [3.63, 3.8) is 0 Å². The third-order valence-corrected chi connectivity index (χ3v) is 2.83. The first-order valence-corrected chi connectivity index (χ1v) is 5.79. The summed E-state index contributed by atoms with van der Waals surface area (Å²) in [6.07, 6.45) is 0. The maximum atomic E-state index is 11.6. The Labute approximate surface area is 97.0 Å². The zero-order valence-corrected chi connectivity index (χ0v) is 10.2. The Hall–Kier alpha value is -1.49. The van der Waals surface area contributed by atoms with Crippen LogP contribution in [0.5, 0.6) is 0 Å². The summed E-state index contributed by atoms with van der Waals surface area (Å²) in [6, 6.07) is 7.06. The quantitative estimate of drug-likeness (QED) is 0.596. The molecule has 0 saturated heterocycles. The van der Waals surface area contributed by atoms with Crippen LogP contribution in [0.3, 0.4) is 0 Å². The van der Waals surface area contributed by atoms with E-state index in [1.54, 1.807) is 12.1 Å². The predicted molar refractivity (Wildman–Crippen MR) is 62.5 cm³/mol. The summed E-state index contributed by atoms with van der Waals surface area (Å²) in [4.78, 5) is 11.3. The zero-order chi connectivity index (χ0) is 12.1. The van der Waals surface area contributed by atoms with Crippen LogP contribution >= 0.6 is 0 Å². The van der Waals surface area contributed by atoms with Crippen LogP contribution in [0, 0.1) is 6.92 Å². The zero-order valence-electron chi connectivity index (χ0n) is 9.39. The lowest BCUT2D eigenvalue weighted by molar-refractivity contribution is -0.111. The van der Waals surface area contributed by atoms with Crippen LogP contribution in [-0.4, -0.2) is 15.7 Å². The molecule has 0 bridgehead atoms. The molecule has 1 unspecified atom stereocenters. The van der Waals surface area contributed by atoms with Gasteiger partial charge in [-0.3, -0.25) is 9.08 Å². The second kappa shape index (κ2) is 5.55. The molecule has 0 fully saturated rings. The maximum absolute atomic E-state index is 11.6. The summed E-state index contributed by atoms with van der Waals surface area (Å²) in [6.45, 7) is 4.82. The molecular weight excluding hydrogens is 226 g/mol. The molecule has 0 heterocycles. The van der Waals surface area contributed by atoms with Crippen molar-refractivity contribution >= 4 is 22.6 Å². The minimum absolute atomic E-state index is 0.195. The molecule has 1 aromatic rings. The molecule has 1 aromatic carbocycles. The van der Waals surface area contributed by atoms with Crippen molar-refractivity contribution in [1.29, 1.82) is 0 Å². The van der Waals surface area contributed by atoms with Crippen LogP contribution in [0.1, 0.15) is 19.4 Å². The number of rotatable bonds is 4. The van der Waals surface area contributed by atoms with Crippen molar-refractivity contribution in [2.75, 3.05) is 0 Å². The van der Waals surface area contributed by atoms with E-state index in [0.717, 1.165) is 5.56 Å². The molecule has 5 heteroatoms. The Morgan fingerprint density at radius 3 is 2.31 bits per heavy atom. The minimum atomic E-state index is -1.67. The van der Waals surface area contributed by atoms with Crippen LogP contribution in [0.2, 0.25) is 0 Å². The van der Waals surface area contributed by atoms with Crippen molar-refractivity contribution in [1.82, 2.24) is 0 Å². The smallest absolute Gasteiger partial charge is 0.265 e. The highest BCUT2D eigenvalue weighted by atomic mass is 32.2. The molecule has 86 valence electrons. The van der Waals surface area contributed by atoms with Gasteiger partial charge in [-0.15, -0.1) is 0 Å². The number of oxime groups is 1. The van der Waals surface area contributed by atoms with Gasteiger partial charge in [-0.1, -0.05) is 22.9 Å². The summed E-state index contributed by atoms with van der Waals surface area (Å²) >= 11 is -1.67. The Morgan fingerprint density at radius 2 is 1.81 bits per heavy atom. The average Bonchev–Trinajstić information content (AvgIpc) is 2.26. The van der Waals surface area contributed by atoms with Gasteiger partial charge >= 0.3 is 0 Å². The third kappa shape index (κ3) is 3.58. The van der Waals surface area contributed by atoms with E-state index in [1.807, 2.05) is 19.1 Å². The SMILES string of the molecule is CC(=O)C(C)=NOS(=O)c1ccc(C)cc1. The second-order valence-electron chi connectivity index (χ2n) is 3.36. The van der Waals surface area contributed by atoms with Crippen LogP contribution in [0.15, 0.2) is 34.3 Å². The van der Waals surface area contributed by atoms with Gasteiger partial charge in [-0.2, -0.15) is 0 Å². The summed E-state index contributed by atoms with van der Waals surface area (Å²) in [5.41, 5.74) is 1.27. The highest BCUT2D eigenvalue weighted by Gasteiger charge is 2.05. The molecule has 4 nitrogen and oxygen atoms in total. The van der Waals surface area contributed by atoms with E-state index in [0.29, 0.717) is 4.90 Å². The minimum Gasteiger partial charge on any atom is -0.293 e. The normalized spacial score (nSPS) is 13.3. The Bertz CT molecular complexity index is 437. The van der Waals surface area contributed by atoms with E-state index < -0.39 is 11.1 Å². The largest absolute Gasteiger partial charge is 0.293 e. The molecule has 0 amide bonds. The second-order valence-corrected chi connectivity index (χ2v) is 4.45. The van der Waals surface area contributed by atoms with E-state index in [2.05, 4.69) is 5.16 Å². The topological polar surface area (TPSA) is 55.7 Å². The van der Waals surface area contributed by atoms with E-state index in [1.165, 1.54) is 13.8 Å². The van der Waals surface area contributed by atoms with Gasteiger partial charge in [0, 0.05) is 6.92 Å². The summed E-state index contributed by atoms with van der Waals surface area (Å²) in [7, 11) is 0. The Balaban J connectivity index is 2.70. The fraction of sp³-hybridized carbons (Fsp3) is 0.273. The molecule has 0 aliphatic rings. The molecule has 1 rings (SSSR count). The van der Waals surface area contributed by atoms with Crippen molar-refractivity contribution < 1.29 is 13.3 Å². The van der Waals surface area contributed by atoms with E-state index in [-0.39, 0.29) is 11.5 Å². The molecular formula is C11H13NO3S. The van der Waals surface area contributed by atoms with Gasteiger partial charge in [0.05, 0.1) is 4.90 Å². The number of carbonyl (C=O) groups excluding carboxylic acids is 1. The van der Waals surface area contributed by atoms with Crippen molar-refractivity contribution in [3.8, 4) is 0 Å². The average molecular weight is 239 g/mol. The van der Waals surface area contributed by atoms with Gasteiger partial charge < -0.3 is 0 Å². The fourth-order valence-corrected chi connectivity index (χ4v) is 1.47. The number of ketones is 1. The maximum Gasteiger partial charge on any atom is 0.265 e. The molecule has 0 N–H and O–H groups in total. The number of aryl methyl sites for hydroxylation is 1. The van der Waals surface area contributed by atoms with Crippen LogP contribution in [0.25, 0.3) is 0 Å². The first-order valence-electron chi connectivity index (χ1n) is 4.72. The lowest BCUT2D eigenvalue weighted by Crippen LogP contribution is -2.06. The summed E-state index contributed by atoms with van der Waals surface area (Å²) < 4.78 is 16.3. The summed E-state index contributed by atoms with van der Waals surface area (Å²) in [5, 5.41) is 3.49. The standard InChI is InChI=1S/C11H13NO3S/c1-8-4-6-11(7-5-8)16(14)15-12-9(2)10(3)13/h4-7H,1-3H3. The van der Waals surface area contributed by atoms with Crippen LogP contribution in [0.4, 0.5) is 0 Å². The molecule has 0 saturated carbocycles. The molecule has 0 aromatic heterocycles. The fourth-order valence-electron chi connectivity index (χ4n) is 0.846. The molecule has 0 radical (unpaired) electrons. The molecule has 0 aliphatic carbocycles. The Kier molecular flexibility index (Phi) is 4.37. The summed E-state index contributed by atoms with van der Waals surface area (Å²) in [5.74, 6) is -0.207. The highest BCUT2D eigenvalue weighted by Crippen LogP contribution is 2.09. The number of carbonyl (C=O) groups is 1. The van der Waals surface area contributed by atoms with Gasteiger partial charge in [0.25, 0.3) is 11.1 Å². The van der Waals surface area contributed by atoms with Gasteiger partial charge in [0.15, 0.2) is 5.78 Å². The van der Waals surface area contributed by atoms with Gasteiger partial charge in [-0.05, 0) is 26.0 Å². The molecule has 0 spiro atoms. The number of benzene rings is 1. The van der Waals surface area contributed by atoms with Crippen molar-refractivity contribution in [2.45, 2.75) is 25.7 Å². The van der Waals surface area contributed by atoms with E-state index in [9.17, 15) is 9.00 Å². The first kappa shape index (κ1) is 12.6.